The first-order valence-electron chi connectivity index (χ1n) is 24.0. The Balaban J connectivity index is 1.34. The number of Topliss-reactive ketones (excluding diaryl/α,β-unsaturated/α-hetero) is 2. The molecule has 1 amide bonds. The van der Waals surface area contributed by atoms with Crippen LogP contribution < -0.4 is 10.1 Å². The maximum absolute atomic E-state index is 14.2. The van der Waals surface area contributed by atoms with E-state index in [4.69, 9.17) is 47.4 Å². The number of esters is 2. The van der Waals surface area contributed by atoms with E-state index in [1.165, 1.54) is 58.3 Å². The van der Waals surface area contributed by atoms with Gasteiger partial charge in [-0.2, -0.15) is 0 Å². The summed E-state index contributed by atoms with van der Waals surface area (Å²) in [7, 11) is 0. The highest BCUT2D eigenvalue weighted by Gasteiger charge is 2.53. The normalized spacial score (nSPS) is 35.3. The molecule has 6 aliphatic heterocycles. The number of allylic oxidation sites excluding steroid dienone is 4. The molecule has 14 atom stereocenters. The second kappa shape index (κ2) is 20.9. The summed E-state index contributed by atoms with van der Waals surface area (Å²) in [5.74, 6) is -8.43. The average molecular weight is 994 g/mol. The van der Waals surface area contributed by atoms with Gasteiger partial charge in [0.1, 0.15) is 42.4 Å². The van der Waals surface area contributed by atoms with Crippen molar-refractivity contribution in [2.75, 3.05) is 18.9 Å². The number of aromatic hydroxyl groups is 1. The van der Waals surface area contributed by atoms with Crippen LogP contribution in [0.15, 0.2) is 59.3 Å². The highest BCUT2D eigenvalue weighted by atomic mass is 16.8. The van der Waals surface area contributed by atoms with Crippen LogP contribution in [-0.4, -0.2) is 119 Å². The molecule has 14 unspecified atom stereocenters. The third-order valence-electron chi connectivity index (χ3n) is 14.3. The molecule has 71 heavy (non-hydrogen) atoms. The number of carbonyl (C=O) groups is 5. The number of aliphatic hydroxyl groups is 2. The van der Waals surface area contributed by atoms with E-state index in [-0.39, 0.29) is 89.6 Å². The third kappa shape index (κ3) is 10.7. The molecule has 7 aliphatic rings. The smallest absolute Gasteiger partial charge is 0.312 e. The Kier molecular flexibility index (Phi) is 15.7. The number of amides is 1. The van der Waals surface area contributed by atoms with E-state index in [0.29, 0.717) is 5.57 Å². The van der Waals surface area contributed by atoms with E-state index < -0.39 is 107 Å². The van der Waals surface area contributed by atoms with Crippen molar-refractivity contribution in [3.05, 3.63) is 70.4 Å². The maximum Gasteiger partial charge on any atom is 0.312 e. The number of benzene rings is 1. The summed E-state index contributed by atoms with van der Waals surface area (Å²) in [6.45, 7) is 18.5. The van der Waals surface area contributed by atoms with E-state index in [2.05, 4.69) is 5.32 Å². The zero-order valence-corrected chi connectivity index (χ0v) is 42.3. The first kappa shape index (κ1) is 53.2. The summed E-state index contributed by atoms with van der Waals surface area (Å²) in [6.07, 6.45) is -0.292. The Morgan fingerprint density at radius 1 is 0.958 bits per heavy atom. The van der Waals surface area contributed by atoms with E-state index in [1.807, 2.05) is 6.92 Å². The molecule has 1 aromatic rings. The van der Waals surface area contributed by atoms with Crippen molar-refractivity contribution in [1.82, 2.24) is 0 Å². The molecule has 0 spiro atoms. The van der Waals surface area contributed by atoms with Gasteiger partial charge in [0.05, 0.1) is 59.0 Å². The average Bonchev–Trinajstić information content (AvgIpc) is 3.83. The minimum atomic E-state index is -1.73. The zero-order chi connectivity index (χ0) is 52.0. The predicted molar refractivity (Wildman–Crippen MR) is 251 cm³/mol. The molecule has 7 bridgehead atoms. The molecule has 6 heterocycles. The highest BCUT2D eigenvalue weighted by Crippen LogP contribution is 2.56. The summed E-state index contributed by atoms with van der Waals surface area (Å²) in [4.78, 5) is 66.5. The minimum Gasteiger partial charge on any atom is -0.505 e. The molecule has 0 radical (unpaired) electrons. The number of phenolic OH excluding ortho intramolecular Hbond substituents is 1. The number of hydrogen-bond donors (Lipinski definition) is 4. The summed E-state index contributed by atoms with van der Waals surface area (Å²) < 4.78 is 61.5. The van der Waals surface area contributed by atoms with Crippen LogP contribution in [0.1, 0.15) is 112 Å². The Morgan fingerprint density at radius 2 is 1.68 bits per heavy atom. The van der Waals surface area contributed by atoms with Crippen LogP contribution in [0.4, 0.5) is 5.69 Å². The Morgan fingerprint density at radius 3 is 2.37 bits per heavy atom. The van der Waals surface area contributed by atoms with E-state index >= 15 is 0 Å². The molecular formula is C52H67NO18. The first-order valence-corrected chi connectivity index (χ1v) is 24.0. The van der Waals surface area contributed by atoms with E-state index in [0.717, 1.165) is 0 Å². The molecule has 8 rings (SSSR count). The van der Waals surface area contributed by atoms with Crippen molar-refractivity contribution in [2.45, 2.75) is 157 Å². The maximum atomic E-state index is 14.2. The van der Waals surface area contributed by atoms with Crippen LogP contribution in [0.5, 0.6) is 11.5 Å². The fourth-order valence-electron chi connectivity index (χ4n) is 10.2. The quantitative estimate of drug-likeness (QED) is 0.171. The lowest BCUT2D eigenvalue weighted by Crippen LogP contribution is -2.50. The number of carbonyl (C=O) groups excluding carboxylic acids is 5. The second-order valence-corrected chi connectivity index (χ2v) is 20.2. The molecule has 19 heteroatoms. The van der Waals surface area contributed by atoms with Crippen molar-refractivity contribution >= 4 is 40.7 Å². The molecule has 1 aliphatic carbocycles. The standard InChI is InChI=1S/C52H67NO18/c1-23-14-13-15-32(29(7)68-50(61)51(10,11)20-24(2)54)42(57)26(4)41(56)27(5)45(69-31(9)55)25(3)34(70-37-19-36-47(30(8)67-37)64-21-63-36)16-17-66-52(12)48-40-38-35(62-22-65-48)18-33(53-49(23)60)44(59)39(38)43(58)28(6)46(40)71-52/h13-18,25-27,29-30,32,34,36-37,41-42,45,47,56-57,59H,19-22H2,1-12H3,(H,53,60)/b15-13+,17-16+,23-14-. The van der Waals surface area contributed by atoms with Crippen molar-refractivity contribution in [3.63, 3.8) is 0 Å². The minimum absolute atomic E-state index is 0.0949. The Bertz CT molecular complexity index is 2450. The van der Waals surface area contributed by atoms with Crippen molar-refractivity contribution < 1.29 is 86.7 Å². The van der Waals surface area contributed by atoms with E-state index in [9.17, 15) is 39.3 Å². The lowest BCUT2D eigenvalue weighted by atomic mass is 9.77. The number of ether oxygens (including phenoxy) is 10. The first-order chi connectivity index (χ1) is 33.3. The molecular weight excluding hydrogens is 927 g/mol. The fraction of sp³-hybridized carbons (Fsp3) is 0.596. The van der Waals surface area contributed by atoms with Gasteiger partial charge in [0.15, 0.2) is 23.6 Å². The topological polar surface area (TPSA) is 250 Å². The lowest BCUT2D eigenvalue weighted by Gasteiger charge is -2.41. The molecule has 4 N–H and O–H groups in total. The Hall–Kier alpha value is -5.57. The van der Waals surface area contributed by atoms with Crippen molar-refractivity contribution in [2.24, 2.45) is 29.1 Å². The van der Waals surface area contributed by atoms with Gasteiger partial charge in [0.2, 0.25) is 6.79 Å². The molecule has 19 nitrogen and oxygen atoms in total. The number of phenols is 1. The number of nitrogens with one attached hydrogen (secondary N) is 1. The molecule has 0 aromatic heterocycles. The third-order valence-corrected chi connectivity index (χ3v) is 14.3. The Labute approximate surface area is 413 Å². The van der Waals surface area contributed by atoms with Gasteiger partial charge in [-0.15, -0.1) is 0 Å². The van der Waals surface area contributed by atoms with Gasteiger partial charge < -0.3 is 68.0 Å². The largest absolute Gasteiger partial charge is 0.505 e. The van der Waals surface area contributed by atoms with Gasteiger partial charge in [0, 0.05) is 73.1 Å². The van der Waals surface area contributed by atoms with Gasteiger partial charge in [-0.05, 0) is 54.5 Å². The fourth-order valence-corrected chi connectivity index (χ4v) is 10.2. The van der Waals surface area contributed by atoms with E-state index in [1.54, 1.807) is 54.5 Å². The molecule has 2 saturated heterocycles. The van der Waals surface area contributed by atoms with Crippen LogP contribution in [0.2, 0.25) is 0 Å². The number of ketones is 2. The van der Waals surface area contributed by atoms with Crippen LogP contribution in [-0.2, 0) is 61.8 Å². The molecule has 1 aromatic carbocycles. The van der Waals surface area contributed by atoms with Crippen molar-refractivity contribution in [1.29, 1.82) is 0 Å². The SMILES string of the molecule is CC(=O)CC(C)(C)C(=O)OC(C)C1/C=C/C=C(/C)C(=O)Nc2cc3c4c(c2O)C(=O)C(C)=C2OC(C)(O/C=C/C(OC5CC6OCOC6C(C)O5)C(C)C(OC(C)=O)C(C)C(O)C(C)C1O)C(=C24)OCO3. The van der Waals surface area contributed by atoms with Gasteiger partial charge >= 0.3 is 17.7 Å². The molecule has 388 valence electrons. The number of anilines is 1. The number of fused-ring (bicyclic) bond motifs is 14. The van der Waals surface area contributed by atoms with Gasteiger partial charge in [0.25, 0.3) is 5.91 Å². The van der Waals surface area contributed by atoms with Gasteiger partial charge in [-0.3, -0.25) is 24.0 Å². The van der Waals surface area contributed by atoms with Crippen LogP contribution in [0.3, 0.4) is 0 Å². The number of aliphatic hydroxyl groups excluding tert-OH is 2. The highest BCUT2D eigenvalue weighted by molar-refractivity contribution is 6.21. The molecule has 2 fully saturated rings. The van der Waals surface area contributed by atoms with Gasteiger partial charge in [-0.1, -0.05) is 39.0 Å². The van der Waals surface area contributed by atoms with Crippen LogP contribution in [0.25, 0.3) is 5.57 Å². The monoisotopic (exact) mass is 993 g/mol. The van der Waals surface area contributed by atoms with Crippen LogP contribution in [0, 0.1) is 29.1 Å². The molecule has 0 saturated carbocycles. The summed E-state index contributed by atoms with van der Waals surface area (Å²) >= 11 is 0. The summed E-state index contributed by atoms with van der Waals surface area (Å²) in [6, 6.07) is 1.38. The number of rotatable bonds is 8. The summed E-state index contributed by atoms with van der Waals surface area (Å²) in [5.41, 5.74) is -0.789. The second-order valence-electron chi connectivity index (χ2n) is 20.2. The number of hydrogen-bond acceptors (Lipinski definition) is 18. The van der Waals surface area contributed by atoms with Crippen molar-refractivity contribution in [3.8, 4) is 11.5 Å². The van der Waals surface area contributed by atoms with Crippen LogP contribution >= 0.6 is 0 Å². The zero-order valence-electron chi connectivity index (χ0n) is 42.3. The lowest BCUT2D eigenvalue weighted by molar-refractivity contribution is -0.246. The predicted octanol–water partition coefficient (Wildman–Crippen LogP) is 6.05. The van der Waals surface area contributed by atoms with Gasteiger partial charge in [-0.25, -0.2) is 0 Å². The summed E-state index contributed by atoms with van der Waals surface area (Å²) in [5, 5.41) is 38.9.